The van der Waals surface area contributed by atoms with Crippen LogP contribution in [0, 0.1) is 12.7 Å². The zero-order chi connectivity index (χ0) is 20.4. The Bertz CT molecular complexity index is 1170. The standard InChI is InChI=1S/C21H16FN3O4/c1-12-5-8-17(27-2)14(10-12)19(26)23-16-11-13(6-7-15(16)22)20-24-25-21(29-20)18-4-3-9-28-18/h3-11H,1-2H3,(H,23,26). The molecule has 2 heterocycles. The number of carbonyl (C=O) groups is 1. The minimum Gasteiger partial charge on any atom is -0.496 e. The maximum absolute atomic E-state index is 14.3. The van der Waals surface area contributed by atoms with Gasteiger partial charge in [-0.25, -0.2) is 4.39 Å². The van der Waals surface area contributed by atoms with E-state index in [1.165, 1.54) is 31.6 Å². The molecule has 2 aromatic heterocycles. The maximum Gasteiger partial charge on any atom is 0.283 e. The molecule has 0 spiro atoms. The van der Waals surface area contributed by atoms with Gasteiger partial charge in [0.15, 0.2) is 5.76 Å². The average molecular weight is 393 g/mol. The van der Waals surface area contributed by atoms with Crippen LogP contribution in [0.25, 0.3) is 23.1 Å². The number of anilines is 1. The molecule has 0 saturated heterocycles. The molecule has 4 rings (SSSR count). The van der Waals surface area contributed by atoms with Gasteiger partial charge in [-0.05, 0) is 49.4 Å². The fraction of sp³-hybridized carbons (Fsp3) is 0.0952. The van der Waals surface area contributed by atoms with Gasteiger partial charge in [-0.2, -0.15) is 0 Å². The molecule has 146 valence electrons. The molecule has 0 bridgehead atoms. The summed E-state index contributed by atoms with van der Waals surface area (Å²) < 4.78 is 30.3. The Balaban J connectivity index is 1.63. The number of amides is 1. The van der Waals surface area contributed by atoms with E-state index in [0.717, 1.165) is 5.56 Å². The second kappa shape index (κ2) is 7.59. The number of furan rings is 1. The summed E-state index contributed by atoms with van der Waals surface area (Å²) in [7, 11) is 1.47. The molecule has 1 amide bonds. The topological polar surface area (TPSA) is 90.4 Å². The molecule has 8 heteroatoms. The number of methoxy groups -OCH3 is 1. The average Bonchev–Trinajstić information content (AvgIpc) is 3.41. The highest BCUT2D eigenvalue weighted by Gasteiger charge is 2.17. The van der Waals surface area contributed by atoms with E-state index in [-0.39, 0.29) is 17.5 Å². The number of carbonyl (C=O) groups excluding carboxylic acids is 1. The number of nitrogens with one attached hydrogen (secondary N) is 1. The van der Waals surface area contributed by atoms with E-state index in [1.54, 1.807) is 24.3 Å². The van der Waals surface area contributed by atoms with Crippen molar-refractivity contribution in [2.24, 2.45) is 0 Å². The smallest absolute Gasteiger partial charge is 0.283 e. The summed E-state index contributed by atoms with van der Waals surface area (Å²) in [6.07, 6.45) is 1.49. The predicted octanol–water partition coefficient (Wildman–Crippen LogP) is 4.71. The quantitative estimate of drug-likeness (QED) is 0.528. The zero-order valence-corrected chi connectivity index (χ0v) is 15.6. The highest BCUT2D eigenvalue weighted by molar-refractivity contribution is 6.06. The number of hydrogen-bond donors (Lipinski definition) is 1. The van der Waals surface area contributed by atoms with E-state index < -0.39 is 11.7 Å². The van der Waals surface area contributed by atoms with E-state index >= 15 is 0 Å². The van der Waals surface area contributed by atoms with Gasteiger partial charge in [-0.1, -0.05) is 11.6 Å². The number of aryl methyl sites for hydroxylation is 1. The maximum atomic E-state index is 14.3. The van der Waals surface area contributed by atoms with E-state index in [2.05, 4.69) is 15.5 Å². The Morgan fingerprint density at radius 2 is 1.93 bits per heavy atom. The van der Waals surface area contributed by atoms with Crippen molar-refractivity contribution in [1.82, 2.24) is 10.2 Å². The zero-order valence-electron chi connectivity index (χ0n) is 15.6. The first kappa shape index (κ1) is 18.4. The highest BCUT2D eigenvalue weighted by Crippen LogP contribution is 2.28. The van der Waals surface area contributed by atoms with Crippen LogP contribution >= 0.6 is 0 Å². The second-order valence-corrected chi connectivity index (χ2v) is 6.24. The summed E-state index contributed by atoms with van der Waals surface area (Å²) in [5.74, 6) is 0.0860. The number of aromatic nitrogens is 2. The van der Waals surface area contributed by atoms with Gasteiger partial charge >= 0.3 is 0 Å². The summed E-state index contributed by atoms with van der Waals surface area (Å²) in [6, 6.07) is 12.7. The molecular formula is C21H16FN3O4. The second-order valence-electron chi connectivity index (χ2n) is 6.24. The van der Waals surface area contributed by atoms with E-state index in [9.17, 15) is 9.18 Å². The van der Waals surface area contributed by atoms with Crippen LogP contribution in [0.4, 0.5) is 10.1 Å². The van der Waals surface area contributed by atoms with Crippen LogP contribution in [0.3, 0.4) is 0 Å². The van der Waals surface area contributed by atoms with Crippen molar-refractivity contribution in [2.75, 3.05) is 12.4 Å². The van der Waals surface area contributed by atoms with E-state index in [1.807, 2.05) is 13.0 Å². The minimum absolute atomic E-state index is 0.0196. The number of nitrogens with zero attached hydrogens (tertiary/aromatic N) is 2. The lowest BCUT2D eigenvalue weighted by molar-refractivity contribution is 0.102. The molecule has 0 aliphatic rings. The molecule has 4 aromatic rings. The Morgan fingerprint density at radius 1 is 1.10 bits per heavy atom. The summed E-state index contributed by atoms with van der Waals surface area (Å²) in [5, 5.41) is 10.4. The van der Waals surface area contributed by atoms with Crippen LogP contribution in [0.1, 0.15) is 15.9 Å². The Kier molecular flexibility index (Phi) is 4.82. The molecule has 0 radical (unpaired) electrons. The summed E-state index contributed by atoms with van der Waals surface area (Å²) in [6.45, 7) is 1.85. The fourth-order valence-corrected chi connectivity index (χ4v) is 2.78. The number of halogens is 1. The van der Waals surface area contributed by atoms with Gasteiger partial charge in [-0.15, -0.1) is 10.2 Å². The Hall–Kier alpha value is -3.94. The normalized spacial score (nSPS) is 10.7. The number of ether oxygens (including phenoxy) is 1. The Morgan fingerprint density at radius 3 is 2.69 bits per heavy atom. The van der Waals surface area contributed by atoms with Crippen LogP contribution in [0.5, 0.6) is 5.75 Å². The molecule has 7 nitrogen and oxygen atoms in total. The van der Waals surface area contributed by atoms with Gasteiger partial charge in [-0.3, -0.25) is 4.79 Å². The van der Waals surface area contributed by atoms with Crippen molar-refractivity contribution in [3.8, 4) is 28.9 Å². The monoisotopic (exact) mass is 393 g/mol. The molecule has 2 aromatic carbocycles. The Labute approximate surface area is 165 Å². The molecular weight excluding hydrogens is 377 g/mol. The number of hydrogen-bond acceptors (Lipinski definition) is 6. The van der Waals surface area contributed by atoms with Crippen molar-refractivity contribution in [3.05, 3.63) is 71.7 Å². The van der Waals surface area contributed by atoms with Crippen LogP contribution in [-0.4, -0.2) is 23.2 Å². The van der Waals surface area contributed by atoms with Crippen molar-refractivity contribution >= 4 is 11.6 Å². The van der Waals surface area contributed by atoms with Gasteiger partial charge in [0.25, 0.3) is 11.8 Å². The number of benzene rings is 2. The van der Waals surface area contributed by atoms with Gasteiger partial charge in [0, 0.05) is 5.56 Å². The van der Waals surface area contributed by atoms with Crippen LogP contribution in [0.2, 0.25) is 0 Å². The molecule has 0 aliphatic carbocycles. The number of rotatable bonds is 5. The van der Waals surface area contributed by atoms with Gasteiger partial charge in [0.1, 0.15) is 11.6 Å². The van der Waals surface area contributed by atoms with Gasteiger partial charge in [0.2, 0.25) is 5.89 Å². The SMILES string of the molecule is COc1ccc(C)cc1C(=O)Nc1cc(-c2nnc(-c3ccco3)o2)ccc1F. The largest absolute Gasteiger partial charge is 0.496 e. The summed E-state index contributed by atoms with van der Waals surface area (Å²) in [4.78, 5) is 12.7. The van der Waals surface area contributed by atoms with Crippen molar-refractivity contribution in [1.29, 1.82) is 0 Å². The molecule has 29 heavy (non-hydrogen) atoms. The third-order valence-corrected chi connectivity index (χ3v) is 4.22. The van der Waals surface area contributed by atoms with Gasteiger partial charge < -0.3 is 18.9 Å². The fourth-order valence-electron chi connectivity index (χ4n) is 2.78. The molecule has 0 aliphatic heterocycles. The van der Waals surface area contributed by atoms with Crippen molar-refractivity contribution in [3.63, 3.8) is 0 Å². The molecule has 0 unspecified atom stereocenters. The molecule has 0 saturated carbocycles. The first-order chi connectivity index (χ1) is 14.0. The highest BCUT2D eigenvalue weighted by atomic mass is 19.1. The lowest BCUT2D eigenvalue weighted by Gasteiger charge is -2.11. The first-order valence-electron chi connectivity index (χ1n) is 8.68. The summed E-state index contributed by atoms with van der Waals surface area (Å²) in [5.41, 5.74) is 1.61. The predicted molar refractivity (Wildman–Crippen MR) is 103 cm³/mol. The minimum atomic E-state index is -0.598. The van der Waals surface area contributed by atoms with E-state index in [4.69, 9.17) is 13.6 Å². The lowest BCUT2D eigenvalue weighted by Crippen LogP contribution is -2.14. The van der Waals surface area contributed by atoms with Crippen LogP contribution in [-0.2, 0) is 0 Å². The van der Waals surface area contributed by atoms with Gasteiger partial charge in [0.05, 0.1) is 24.6 Å². The lowest BCUT2D eigenvalue weighted by atomic mass is 10.1. The third kappa shape index (κ3) is 3.73. The summed E-state index contributed by atoms with van der Waals surface area (Å²) >= 11 is 0. The third-order valence-electron chi connectivity index (χ3n) is 4.22. The van der Waals surface area contributed by atoms with Crippen molar-refractivity contribution in [2.45, 2.75) is 6.92 Å². The van der Waals surface area contributed by atoms with Crippen molar-refractivity contribution < 1.29 is 22.8 Å². The molecule has 0 atom stereocenters. The van der Waals surface area contributed by atoms with E-state index in [0.29, 0.717) is 22.6 Å². The molecule has 1 N–H and O–H groups in total. The molecule has 0 fully saturated rings. The van der Waals surface area contributed by atoms with Crippen LogP contribution in [0.15, 0.2) is 63.6 Å². The van der Waals surface area contributed by atoms with Crippen LogP contribution < -0.4 is 10.1 Å². The first-order valence-corrected chi connectivity index (χ1v) is 8.68.